The van der Waals surface area contributed by atoms with Gasteiger partial charge in [0.1, 0.15) is 18.5 Å². The van der Waals surface area contributed by atoms with Crippen molar-refractivity contribution in [2.24, 2.45) is 12.5 Å². The van der Waals surface area contributed by atoms with E-state index >= 15 is 0 Å². The summed E-state index contributed by atoms with van der Waals surface area (Å²) in [6.07, 6.45) is 2.85. The second kappa shape index (κ2) is 7.05. The van der Waals surface area contributed by atoms with E-state index in [1.165, 1.54) is 43.9 Å². The van der Waals surface area contributed by atoms with E-state index in [1.807, 2.05) is 13.8 Å². The highest BCUT2D eigenvalue weighted by molar-refractivity contribution is 6.16. The first-order valence-corrected chi connectivity index (χ1v) is 11.8. The fourth-order valence-corrected chi connectivity index (χ4v) is 5.67. The first kappa shape index (κ1) is 20.7. The molecule has 0 spiro atoms. The van der Waals surface area contributed by atoms with Crippen molar-refractivity contribution in [2.45, 2.75) is 34.1 Å². The van der Waals surface area contributed by atoms with E-state index in [9.17, 15) is 5.26 Å². The lowest BCUT2D eigenvalue weighted by molar-refractivity contribution is -0.659. The van der Waals surface area contributed by atoms with Crippen LogP contribution in [0, 0.1) is 30.6 Å². The lowest BCUT2D eigenvalue weighted by Crippen LogP contribution is -2.32. The van der Waals surface area contributed by atoms with E-state index in [4.69, 9.17) is 4.74 Å². The van der Waals surface area contributed by atoms with E-state index in [-0.39, 0.29) is 0 Å². The molecule has 2 heterocycles. The van der Waals surface area contributed by atoms with Crippen molar-refractivity contribution in [3.63, 3.8) is 0 Å². The van der Waals surface area contributed by atoms with Gasteiger partial charge in [0, 0.05) is 17.0 Å². The third kappa shape index (κ3) is 2.78. The molecule has 4 aromatic carbocycles. The number of aromatic nitrogens is 1. The van der Waals surface area contributed by atoms with Gasteiger partial charge in [0.2, 0.25) is 5.69 Å². The maximum Gasteiger partial charge on any atom is 0.228 e. The van der Waals surface area contributed by atoms with E-state index in [0.29, 0.717) is 6.42 Å². The standard InChI is InChI=1S/C31H27N2O/c1-18-21-10-6-7-11-22(21)19(2)30-27(18)29-28-24(13-14-33(29)5)23-12-8-9-20(16-31(3,4)17-32)25(23)15-26(28)34-30/h6-15H,16H2,1-5H3/q+1. The number of nitriles is 1. The van der Waals surface area contributed by atoms with Gasteiger partial charge in [-0.05, 0) is 72.9 Å². The Labute approximate surface area is 199 Å². The molecule has 6 rings (SSSR count). The smallest absolute Gasteiger partial charge is 0.228 e. The minimum atomic E-state index is -0.436. The van der Waals surface area contributed by atoms with Crippen molar-refractivity contribution in [3.8, 4) is 28.8 Å². The fraction of sp³-hybridized carbons (Fsp3) is 0.226. The molecule has 34 heavy (non-hydrogen) atoms. The summed E-state index contributed by atoms with van der Waals surface area (Å²) in [7, 11) is 2.12. The predicted molar refractivity (Wildman–Crippen MR) is 138 cm³/mol. The highest BCUT2D eigenvalue weighted by Gasteiger charge is 2.33. The summed E-state index contributed by atoms with van der Waals surface area (Å²) in [4.78, 5) is 0. The number of benzene rings is 4. The minimum absolute atomic E-state index is 0.436. The third-order valence-corrected chi connectivity index (χ3v) is 7.39. The van der Waals surface area contributed by atoms with Gasteiger partial charge in [-0.25, -0.2) is 4.57 Å². The van der Waals surface area contributed by atoms with Gasteiger partial charge in [-0.3, -0.25) is 0 Å². The van der Waals surface area contributed by atoms with Crippen LogP contribution in [-0.4, -0.2) is 0 Å². The van der Waals surface area contributed by atoms with E-state index < -0.39 is 5.41 Å². The Bertz CT molecular complexity index is 1720. The van der Waals surface area contributed by atoms with Gasteiger partial charge < -0.3 is 4.74 Å². The highest BCUT2D eigenvalue weighted by atomic mass is 16.5. The van der Waals surface area contributed by atoms with Crippen LogP contribution in [0.25, 0.3) is 43.6 Å². The van der Waals surface area contributed by atoms with Crippen LogP contribution in [0.15, 0.2) is 60.8 Å². The quantitative estimate of drug-likeness (QED) is 0.206. The Kier molecular flexibility index (Phi) is 4.29. The molecule has 0 atom stereocenters. The van der Waals surface area contributed by atoms with Crippen molar-refractivity contribution < 1.29 is 9.30 Å². The Morgan fingerprint density at radius 2 is 1.59 bits per heavy atom. The van der Waals surface area contributed by atoms with Crippen LogP contribution >= 0.6 is 0 Å². The third-order valence-electron chi connectivity index (χ3n) is 7.39. The van der Waals surface area contributed by atoms with Crippen molar-refractivity contribution >= 4 is 32.3 Å². The summed E-state index contributed by atoms with van der Waals surface area (Å²) in [6, 6.07) is 21.9. The number of ether oxygens (including phenoxy) is 1. The van der Waals surface area contributed by atoms with Crippen LogP contribution in [0.5, 0.6) is 11.5 Å². The first-order chi connectivity index (χ1) is 16.3. The van der Waals surface area contributed by atoms with Gasteiger partial charge >= 0.3 is 0 Å². The summed E-state index contributed by atoms with van der Waals surface area (Å²) in [5.74, 6) is 1.84. The number of fused-ring (bicyclic) bond motifs is 5. The zero-order valence-corrected chi connectivity index (χ0v) is 20.3. The van der Waals surface area contributed by atoms with Crippen molar-refractivity contribution in [1.29, 1.82) is 5.26 Å². The average molecular weight is 444 g/mol. The molecule has 5 aromatic rings. The molecule has 0 aliphatic carbocycles. The Balaban J connectivity index is 1.75. The molecule has 3 heteroatoms. The fourth-order valence-electron chi connectivity index (χ4n) is 5.67. The number of hydrogen-bond acceptors (Lipinski definition) is 2. The predicted octanol–water partition coefficient (Wildman–Crippen LogP) is 7.45. The second-order valence-corrected chi connectivity index (χ2v) is 10.2. The number of pyridine rings is 1. The molecule has 3 nitrogen and oxygen atoms in total. The number of aryl methyl sites for hydroxylation is 3. The molecule has 1 aromatic heterocycles. The van der Waals surface area contributed by atoms with Crippen LogP contribution < -0.4 is 9.30 Å². The summed E-state index contributed by atoms with van der Waals surface area (Å²) in [6.45, 7) is 8.36. The maximum absolute atomic E-state index is 9.65. The zero-order chi connectivity index (χ0) is 23.8. The van der Waals surface area contributed by atoms with Crippen LogP contribution in [0.1, 0.15) is 30.5 Å². The maximum atomic E-state index is 9.65. The topological polar surface area (TPSA) is 36.9 Å². The molecule has 0 fully saturated rings. The normalized spacial score (nSPS) is 12.6. The van der Waals surface area contributed by atoms with Gasteiger partial charge in [0.15, 0.2) is 6.20 Å². The zero-order valence-electron chi connectivity index (χ0n) is 20.3. The lowest BCUT2D eigenvalue weighted by atomic mass is 9.84. The van der Waals surface area contributed by atoms with Gasteiger partial charge in [-0.1, -0.05) is 42.5 Å². The SMILES string of the molecule is Cc1c2c(c(C)c3ccccc13)-c1c3c(cc4c(CC(C)(C)C#N)cccc4c3cc[n+]1C)O2. The van der Waals surface area contributed by atoms with E-state index in [2.05, 4.69) is 92.3 Å². The monoisotopic (exact) mass is 443 g/mol. The van der Waals surface area contributed by atoms with Crippen molar-refractivity contribution in [2.75, 3.05) is 0 Å². The van der Waals surface area contributed by atoms with Gasteiger partial charge in [0.05, 0.1) is 22.4 Å². The Hall–Kier alpha value is -3.90. The molecular weight excluding hydrogens is 416 g/mol. The van der Waals surface area contributed by atoms with Gasteiger partial charge in [-0.2, -0.15) is 5.26 Å². The molecule has 0 saturated heterocycles. The molecule has 0 bridgehead atoms. The number of hydrogen-bond donors (Lipinski definition) is 0. The summed E-state index contributed by atoms with van der Waals surface area (Å²) >= 11 is 0. The van der Waals surface area contributed by atoms with Gasteiger partial charge in [-0.15, -0.1) is 0 Å². The molecule has 0 radical (unpaired) electrons. The minimum Gasteiger partial charge on any atom is -0.455 e. The molecule has 166 valence electrons. The van der Waals surface area contributed by atoms with Crippen molar-refractivity contribution in [3.05, 3.63) is 77.5 Å². The summed E-state index contributed by atoms with van der Waals surface area (Å²) in [5, 5.41) is 16.9. The summed E-state index contributed by atoms with van der Waals surface area (Å²) in [5.41, 5.74) is 5.53. The molecule has 1 aliphatic rings. The largest absolute Gasteiger partial charge is 0.455 e. The molecule has 1 aliphatic heterocycles. The van der Waals surface area contributed by atoms with E-state index in [0.717, 1.165) is 27.8 Å². The molecule has 0 unspecified atom stereocenters. The Morgan fingerprint density at radius 3 is 2.32 bits per heavy atom. The second-order valence-electron chi connectivity index (χ2n) is 10.2. The summed E-state index contributed by atoms with van der Waals surface area (Å²) < 4.78 is 8.99. The van der Waals surface area contributed by atoms with Crippen LogP contribution in [-0.2, 0) is 13.5 Å². The molecular formula is C31H27N2O+. The highest BCUT2D eigenvalue weighted by Crippen LogP contribution is 2.51. The Morgan fingerprint density at radius 1 is 0.882 bits per heavy atom. The van der Waals surface area contributed by atoms with Crippen LogP contribution in [0.4, 0.5) is 0 Å². The lowest BCUT2D eigenvalue weighted by Gasteiger charge is -2.25. The molecule has 0 amide bonds. The van der Waals surface area contributed by atoms with Crippen LogP contribution in [0.2, 0.25) is 0 Å². The van der Waals surface area contributed by atoms with Gasteiger partial charge in [0.25, 0.3) is 0 Å². The van der Waals surface area contributed by atoms with Crippen LogP contribution in [0.3, 0.4) is 0 Å². The number of nitrogens with zero attached hydrogens (tertiary/aromatic N) is 2. The molecule has 0 saturated carbocycles. The first-order valence-electron chi connectivity index (χ1n) is 11.8. The molecule has 0 N–H and O–H groups in total. The number of rotatable bonds is 2. The van der Waals surface area contributed by atoms with Crippen molar-refractivity contribution in [1.82, 2.24) is 0 Å². The average Bonchev–Trinajstić information content (AvgIpc) is 2.84. The van der Waals surface area contributed by atoms with E-state index in [1.54, 1.807) is 0 Å².